The van der Waals surface area contributed by atoms with Gasteiger partial charge in [0.05, 0.1) is 12.3 Å². The average Bonchev–Trinajstić information content (AvgIpc) is 3.26. The van der Waals surface area contributed by atoms with Gasteiger partial charge < -0.3 is 19.2 Å². The van der Waals surface area contributed by atoms with Gasteiger partial charge in [0.2, 0.25) is 0 Å². The van der Waals surface area contributed by atoms with Crippen molar-refractivity contribution in [2.75, 3.05) is 6.29 Å². The first kappa shape index (κ1) is 18.0. The third kappa shape index (κ3) is 3.69. The van der Waals surface area contributed by atoms with Crippen LogP contribution in [0.4, 0.5) is 0 Å². The number of nitrogens with zero attached hydrogens (tertiary/aromatic N) is 4. The molecule has 0 saturated heterocycles. The molecule has 2 heterocycles. The molecule has 2 aromatic carbocycles. The van der Waals surface area contributed by atoms with Gasteiger partial charge in [-0.3, -0.25) is 5.32 Å². The maximum Gasteiger partial charge on any atom is 0.191 e. The smallest absolute Gasteiger partial charge is 0.191 e. The van der Waals surface area contributed by atoms with Gasteiger partial charge in [0, 0.05) is 28.9 Å². The van der Waals surface area contributed by atoms with Crippen LogP contribution in [0, 0.1) is 0 Å². The van der Waals surface area contributed by atoms with Crippen molar-refractivity contribution in [3.8, 4) is 0 Å². The minimum Gasteiger partial charge on any atom is -0.687 e. The van der Waals surface area contributed by atoms with Crippen LogP contribution in [-0.4, -0.2) is 31.5 Å². The van der Waals surface area contributed by atoms with Gasteiger partial charge in [0.15, 0.2) is 5.82 Å². The van der Waals surface area contributed by atoms with Crippen LogP contribution in [0.1, 0.15) is 17.4 Å². The van der Waals surface area contributed by atoms with Crippen LogP contribution < -0.4 is 20.0 Å². The van der Waals surface area contributed by atoms with E-state index in [1.807, 2.05) is 31.3 Å². The Labute approximate surface area is 155 Å². The number of tetrazole rings is 1. The van der Waals surface area contributed by atoms with Crippen molar-refractivity contribution < 1.29 is 14.7 Å². The first-order valence-electron chi connectivity index (χ1n) is 8.36. The van der Waals surface area contributed by atoms with E-state index in [-0.39, 0.29) is 0 Å². The van der Waals surface area contributed by atoms with Gasteiger partial charge in [0.25, 0.3) is 0 Å². The normalized spacial score (nSPS) is 13.5. The fourth-order valence-electron chi connectivity index (χ4n) is 3.36. The molecule has 0 amide bonds. The summed E-state index contributed by atoms with van der Waals surface area (Å²) in [6.45, 7) is 0. The van der Waals surface area contributed by atoms with E-state index < -0.39 is 20.3 Å². The Morgan fingerprint density at radius 3 is 2.63 bits per heavy atom. The zero-order chi connectivity index (χ0) is 19.0. The number of para-hydroxylation sites is 1. The third-order valence-electron chi connectivity index (χ3n) is 4.62. The van der Waals surface area contributed by atoms with Crippen LogP contribution in [0.3, 0.4) is 0 Å². The van der Waals surface area contributed by atoms with Gasteiger partial charge in [-0.25, -0.2) is 0 Å². The van der Waals surface area contributed by atoms with Gasteiger partial charge in [-0.1, -0.05) is 35.5 Å². The summed E-state index contributed by atoms with van der Waals surface area (Å²) in [5.41, 5.74) is 3.16. The number of rotatable bonds is 6. The van der Waals surface area contributed by atoms with Crippen LogP contribution in [0.15, 0.2) is 42.5 Å². The van der Waals surface area contributed by atoms with Gasteiger partial charge in [-0.05, 0) is 24.1 Å². The first-order valence-corrected chi connectivity index (χ1v) is 10.1. The van der Waals surface area contributed by atoms with Gasteiger partial charge >= 0.3 is 0 Å². The number of hydrogen-bond donors (Lipinski definition) is 2. The first-order chi connectivity index (χ1) is 12.9. The van der Waals surface area contributed by atoms with E-state index in [0.717, 1.165) is 22.0 Å². The summed E-state index contributed by atoms with van der Waals surface area (Å²) >= 11 is 0. The standard InChI is InChI=1S/C17H19N6O3P/c1-23-15-5-3-2-4-12(15)13-7-6-11(9-16(13)23)8-14(17-19-21-22-20-17)18-10-27(24,25)26/h2-7,9,14,18H,8,10H2,1H3,(H2,24,25,26)(H,19,20,21,22)/p-2. The molecule has 4 aromatic rings. The van der Waals surface area contributed by atoms with E-state index in [4.69, 9.17) is 0 Å². The van der Waals surface area contributed by atoms with E-state index in [9.17, 15) is 14.7 Å². The molecule has 0 aliphatic carbocycles. The third-order valence-corrected chi connectivity index (χ3v) is 5.19. The fraction of sp³-hybridized carbons (Fsp3) is 0.235. The molecule has 2 aromatic heterocycles. The lowest BCUT2D eigenvalue weighted by Crippen LogP contribution is -2.41. The molecule has 4 rings (SSSR count). The van der Waals surface area contributed by atoms with E-state index >= 15 is 0 Å². The Balaban J connectivity index is 1.67. The van der Waals surface area contributed by atoms with Crippen LogP contribution in [0.2, 0.25) is 0 Å². The maximum atomic E-state index is 11.0. The molecular weight excluding hydrogens is 367 g/mol. The molecule has 0 fully saturated rings. The molecule has 0 aliphatic rings. The number of aryl methyl sites for hydroxylation is 1. The lowest BCUT2D eigenvalue weighted by Gasteiger charge is -2.42. The molecule has 0 spiro atoms. The Kier molecular flexibility index (Phi) is 4.63. The Bertz CT molecular complexity index is 1070. The van der Waals surface area contributed by atoms with E-state index in [1.54, 1.807) is 0 Å². The molecule has 9 nitrogen and oxygen atoms in total. The summed E-state index contributed by atoms with van der Waals surface area (Å²) in [7, 11) is -2.69. The van der Waals surface area contributed by atoms with Gasteiger partial charge in [-0.15, -0.1) is 18.1 Å². The molecule has 1 atom stereocenters. The Morgan fingerprint density at radius 1 is 1.11 bits per heavy atom. The minimum atomic E-state index is -4.69. The van der Waals surface area contributed by atoms with Crippen LogP contribution in [0.25, 0.3) is 21.8 Å². The topological polar surface area (TPSA) is 141 Å². The highest BCUT2D eigenvalue weighted by Gasteiger charge is 2.19. The predicted molar refractivity (Wildman–Crippen MR) is 96.0 cm³/mol. The summed E-state index contributed by atoms with van der Waals surface area (Å²) in [4.78, 5) is 33.1. The number of fused-ring (bicyclic) bond motifs is 3. The Morgan fingerprint density at radius 2 is 1.89 bits per heavy atom. The molecule has 0 aliphatic heterocycles. The summed E-state index contributed by atoms with van der Waals surface area (Å²) in [5.74, 6) is 0.306. The molecule has 0 bridgehead atoms. The number of aromatic nitrogens is 5. The highest BCUT2D eigenvalue weighted by Crippen LogP contribution is 2.30. The van der Waals surface area contributed by atoms with Crippen molar-refractivity contribution >= 4 is 29.7 Å². The van der Waals surface area contributed by atoms with Crippen molar-refractivity contribution in [1.82, 2.24) is 30.5 Å². The molecule has 2 N–H and O–H groups in total. The van der Waals surface area contributed by atoms with Crippen molar-refractivity contribution in [1.29, 1.82) is 0 Å². The van der Waals surface area contributed by atoms with Crippen molar-refractivity contribution in [3.05, 3.63) is 53.9 Å². The highest BCUT2D eigenvalue weighted by molar-refractivity contribution is 7.54. The molecule has 27 heavy (non-hydrogen) atoms. The monoisotopic (exact) mass is 384 g/mol. The maximum absolute atomic E-state index is 11.0. The molecule has 0 radical (unpaired) electrons. The van der Waals surface area contributed by atoms with Crippen LogP contribution in [0.5, 0.6) is 0 Å². The van der Waals surface area contributed by atoms with Crippen LogP contribution in [-0.2, 0) is 13.5 Å². The second-order valence-electron chi connectivity index (χ2n) is 6.43. The van der Waals surface area contributed by atoms with Crippen LogP contribution >= 0.6 is 7.94 Å². The highest BCUT2D eigenvalue weighted by atomic mass is 31.2. The molecule has 0 saturated carbocycles. The number of benzene rings is 2. The minimum absolute atomic E-state index is 0.306. The second-order valence-corrected chi connectivity index (χ2v) is 7.97. The number of H-pyrrole nitrogens is 1. The van der Waals surface area contributed by atoms with Gasteiger partial charge in [0.1, 0.15) is 0 Å². The van der Waals surface area contributed by atoms with E-state index in [2.05, 4.69) is 48.7 Å². The van der Waals surface area contributed by atoms with Gasteiger partial charge in [-0.2, -0.15) is 5.21 Å². The number of aromatic amines is 1. The zero-order valence-corrected chi connectivity index (χ0v) is 15.4. The molecular formula is C17H17N6O3P-2. The lowest BCUT2D eigenvalue weighted by molar-refractivity contribution is -0.428. The Hall–Kier alpha value is -2.42. The molecule has 10 heteroatoms. The van der Waals surface area contributed by atoms with E-state index in [0.29, 0.717) is 12.2 Å². The largest absolute Gasteiger partial charge is 0.687 e. The van der Waals surface area contributed by atoms with E-state index in [1.165, 1.54) is 5.39 Å². The summed E-state index contributed by atoms with van der Waals surface area (Å²) < 4.78 is 2.12. The SMILES string of the molecule is Cn1c2ccccc2c2ccc(CC(NC[P+]([O-])([O-])[O-])c3nn[nH]n3)cc21. The second kappa shape index (κ2) is 6.95. The number of nitrogens with one attached hydrogen (secondary N) is 2. The predicted octanol–water partition coefficient (Wildman–Crippen LogP) is -0.481. The van der Waals surface area contributed by atoms with Crippen molar-refractivity contribution in [2.24, 2.45) is 7.05 Å². The van der Waals surface area contributed by atoms with Crippen molar-refractivity contribution in [3.63, 3.8) is 0 Å². The molecule has 1 unspecified atom stereocenters. The summed E-state index contributed by atoms with van der Waals surface area (Å²) in [6.07, 6.45) is -0.264. The quantitative estimate of drug-likeness (QED) is 0.428. The number of hydrogen-bond acceptors (Lipinski definition) is 7. The lowest BCUT2D eigenvalue weighted by atomic mass is 10.0. The average molecular weight is 384 g/mol. The summed E-state index contributed by atoms with van der Waals surface area (Å²) in [6, 6.07) is 13.7. The zero-order valence-electron chi connectivity index (χ0n) is 14.5. The molecule has 140 valence electrons. The van der Waals surface area contributed by atoms with Crippen molar-refractivity contribution in [2.45, 2.75) is 12.5 Å². The fourth-order valence-corrected chi connectivity index (χ4v) is 3.81. The summed E-state index contributed by atoms with van der Waals surface area (Å²) in [5, 5.41) is 18.7.